The van der Waals surface area contributed by atoms with Gasteiger partial charge in [0, 0.05) is 23.4 Å². The molecule has 11 heteroatoms. The van der Waals surface area contributed by atoms with Gasteiger partial charge in [-0.2, -0.15) is 36.7 Å². The van der Waals surface area contributed by atoms with Crippen molar-refractivity contribution >= 4 is 5.65 Å². The highest BCUT2D eigenvalue weighted by molar-refractivity contribution is 5.64. The van der Waals surface area contributed by atoms with Crippen LogP contribution >= 0.6 is 0 Å². The molecule has 5 nitrogen and oxygen atoms in total. The average Bonchev–Trinajstić information content (AvgIpc) is 3.19. The third-order valence-electron chi connectivity index (χ3n) is 4.44. The molecule has 0 spiro atoms. The van der Waals surface area contributed by atoms with Gasteiger partial charge in [0.25, 0.3) is 0 Å². The number of fused-ring (bicyclic) bond motifs is 1. The standard InChI is InChI=1S/C22H9F6N5/c23-21(24,25)15-5-3-14(4-6-15)18-10-19(22(26,27)28)33-20(31-18)9-16(32-33)7-1-13-2-8-17(11-29)30-12-13/h2-6,8-10,12H. The second-order valence-electron chi connectivity index (χ2n) is 6.69. The van der Waals surface area contributed by atoms with Gasteiger partial charge in [-0.1, -0.05) is 18.1 Å². The Hall–Kier alpha value is -4.38. The topological polar surface area (TPSA) is 66.9 Å². The van der Waals surface area contributed by atoms with E-state index < -0.39 is 23.6 Å². The van der Waals surface area contributed by atoms with Gasteiger partial charge in [0.2, 0.25) is 0 Å². The molecular weight excluding hydrogens is 448 g/mol. The highest BCUT2D eigenvalue weighted by Crippen LogP contribution is 2.34. The molecule has 0 atom stereocenters. The van der Waals surface area contributed by atoms with Crippen molar-refractivity contribution in [2.45, 2.75) is 12.4 Å². The summed E-state index contributed by atoms with van der Waals surface area (Å²) in [5.41, 5.74) is -1.77. The van der Waals surface area contributed by atoms with Crippen molar-refractivity contribution in [1.82, 2.24) is 19.6 Å². The zero-order valence-corrected chi connectivity index (χ0v) is 16.2. The Morgan fingerprint density at radius 3 is 2.12 bits per heavy atom. The number of hydrogen-bond donors (Lipinski definition) is 0. The van der Waals surface area contributed by atoms with Crippen LogP contribution in [0.1, 0.15) is 28.2 Å². The van der Waals surface area contributed by atoms with Crippen LogP contribution in [0.2, 0.25) is 0 Å². The molecule has 0 amide bonds. The van der Waals surface area contributed by atoms with E-state index in [9.17, 15) is 26.3 Å². The van der Waals surface area contributed by atoms with E-state index in [0.29, 0.717) is 16.1 Å². The van der Waals surface area contributed by atoms with Crippen molar-refractivity contribution in [3.05, 3.63) is 82.9 Å². The number of aromatic nitrogens is 4. The van der Waals surface area contributed by atoms with Crippen LogP contribution in [-0.2, 0) is 12.4 Å². The lowest BCUT2D eigenvalue weighted by molar-refractivity contribution is -0.142. The van der Waals surface area contributed by atoms with Crippen LogP contribution in [0.3, 0.4) is 0 Å². The Balaban J connectivity index is 1.77. The fourth-order valence-corrected chi connectivity index (χ4v) is 2.89. The number of pyridine rings is 1. The summed E-state index contributed by atoms with van der Waals surface area (Å²) in [6.07, 6.45) is -8.05. The Bertz CT molecular complexity index is 1430. The van der Waals surface area contributed by atoms with Gasteiger partial charge in [-0.3, -0.25) is 0 Å². The molecule has 164 valence electrons. The number of halogens is 6. The fraction of sp³-hybridized carbons (Fsp3) is 0.0909. The van der Waals surface area contributed by atoms with Crippen molar-refractivity contribution in [1.29, 1.82) is 5.26 Å². The lowest BCUT2D eigenvalue weighted by atomic mass is 10.1. The first kappa shape index (κ1) is 21.8. The van der Waals surface area contributed by atoms with E-state index in [1.807, 2.05) is 6.07 Å². The van der Waals surface area contributed by atoms with Crippen LogP contribution in [0.4, 0.5) is 26.3 Å². The predicted octanol–water partition coefficient (Wildman–Crippen LogP) is 5.10. The second kappa shape index (κ2) is 7.95. The highest BCUT2D eigenvalue weighted by atomic mass is 19.4. The van der Waals surface area contributed by atoms with Crippen molar-refractivity contribution in [2.75, 3.05) is 0 Å². The lowest BCUT2D eigenvalue weighted by Crippen LogP contribution is -2.13. The molecule has 0 bridgehead atoms. The monoisotopic (exact) mass is 457 g/mol. The van der Waals surface area contributed by atoms with Gasteiger partial charge in [0.15, 0.2) is 11.3 Å². The molecule has 0 fully saturated rings. The molecule has 0 aliphatic rings. The molecule has 4 rings (SSSR count). The summed E-state index contributed by atoms with van der Waals surface area (Å²) in [6, 6.07) is 10.4. The maximum absolute atomic E-state index is 13.7. The van der Waals surface area contributed by atoms with Crippen LogP contribution in [0.15, 0.2) is 54.7 Å². The highest BCUT2D eigenvalue weighted by Gasteiger charge is 2.35. The van der Waals surface area contributed by atoms with Crippen LogP contribution < -0.4 is 0 Å². The Labute approximate surface area is 182 Å². The van der Waals surface area contributed by atoms with E-state index in [1.54, 1.807) is 0 Å². The molecular formula is C22H9F6N5. The number of rotatable bonds is 1. The van der Waals surface area contributed by atoms with E-state index in [2.05, 4.69) is 26.9 Å². The molecule has 0 saturated heterocycles. The predicted molar refractivity (Wildman–Crippen MR) is 103 cm³/mol. The van der Waals surface area contributed by atoms with Gasteiger partial charge in [-0.25, -0.2) is 14.5 Å². The number of benzene rings is 1. The minimum Gasteiger partial charge on any atom is -0.244 e. The van der Waals surface area contributed by atoms with E-state index in [0.717, 1.165) is 24.3 Å². The minimum atomic E-state index is -4.81. The molecule has 0 saturated carbocycles. The number of nitriles is 1. The van der Waals surface area contributed by atoms with Gasteiger partial charge in [0.1, 0.15) is 17.5 Å². The van der Waals surface area contributed by atoms with Crippen LogP contribution in [0, 0.1) is 23.2 Å². The summed E-state index contributed by atoms with van der Waals surface area (Å²) in [5.74, 6) is 5.30. The fourth-order valence-electron chi connectivity index (χ4n) is 2.89. The van der Waals surface area contributed by atoms with Crippen LogP contribution in [0.5, 0.6) is 0 Å². The Morgan fingerprint density at radius 1 is 0.818 bits per heavy atom. The summed E-state index contributed by atoms with van der Waals surface area (Å²) in [6.45, 7) is 0. The number of alkyl halides is 6. The molecule has 3 aromatic heterocycles. The molecule has 1 aromatic carbocycles. The quantitative estimate of drug-likeness (QED) is 0.295. The SMILES string of the molecule is N#Cc1ccc(C#Cc2cc3nc(-c4ccc(C(F)(F)F)cc4)cc(C(F)(F)F)n3n2)cn1. The second-order valence-corrected chi connectivity index (χ2v) is 6.69. The molecule has 4 aromatic rings. The number of nitrogens with zero attached hydrogens (tertiary/aromatic N) is 5. The van der Waals surface area contributed by atoms with Crippen molar-refractivity contribution in [2.24, 2.45) is 0 Å². The Kier molecular flexibility index (Phi) is 5.26. The average molecular weight is 457 g/mol. The zero-order chi connectivity index (χ0) is 23.8. The summed E-state index contributed by atoms with van der Waals surface area (Å²) < 4.78 is 79.9. The first-order valence-electron chi connectivity index (χ1n) is 9.08. The molecule has 0 radical (unpaired) electrons. The van der Waals surface area contributed by atoms with E-state index >= 15 is 0 Å². The lowest BCUT2D eigenvalue weighted by Gasteiger charge is -2.11. The van der Waals surface area contributed by atoms with Crippen LogP contribution in [-0.4, -0.2) is 19.6 Å². The van der Waals surface area contributed by atoms with Gasteiger partial charge in [-0.05, 0) is 36.3 Å². The van der Waals surface area contributed by atoms with Crippen molar-refractivity contribution in [3.8, 4) is 29.2 Å². The normalized spacial score (nSPS) is 11.7. The number of hydrogen-bond acceptors (Lipinski definition) is 4. The van der Waals surface area contributed by atoms with Crippen molar-refractivity contribution in [3.63, 3.8) is 0 Å². The van der Waals surface area contributed by atoms with E-state index in [-0.39, 0.29) is 28.3 Å². The third kappa shape index (κ3) is 4.62. The maximum Gasteiger partial charge on any atom is 0.433 e. The van der Waals surface area contributed by atoms with E-state index in [1.165, 1.54) is 24.4 Å². The largest absolute Gasteiger partial charge is 0.433 e. The summed E-state index contributed by atoms with van der Waals surface area (Å²) in [5, 5.41) is 12.6. The third-order valence-corrected chi connectivity index (χ3v) is 4.44. The molecule has 0 aliphatic carbocycles. The van der Waals surface area contributed by atoms with Crippen LogP contribution in [0.25, 0.3) is 16.9 Å². The molecule has 33 heavy (non-hydrogen) atoms. The summed E-state index contributed by atoms with van der Waals surface area (Å²) in [7, 11) is 0. The summed E-state index contributed by atoms with van der Waals surface area (Å²) in [4.78, 5) is 7.96. The van der Waals surface area contributed by atoms with Gasteiger partial charge in [0.05, 0.1) is 11.3 Å². The van der Waals surface area contributed by atoms with E-state index in [4.69, 9.17) is 5.26 Å². The first-order valence-corrected chi connectivity index (χ1v) is 9.08. The molecule has 0 unspecified atom stereocenters. The molecule has 3 heterocycles. The zero-order valence-electron chi connectivity index (χ0n) is 16.2. The smallest absolute Gasteiger partial charge is 0.244 e. The molecule has 0 aliphatic heterocycles. The van der Waals surface area contributed by atoms with Crippen molar-refractivity contribution < 1.29 is 26.3 Å². The molecule has 0 N–H and O–H groups in total. The van der Waals surface area contributed by atoms with Gasteiger partial charge >= 0.3 is 12.4 Å². The minimum absolute atomic E-state index is 0.0121. The summed E-state index contributed by atoms with van der Waals surface area (Å²) >= 11 is 0. The maximum atomic E-state index is 13.7. The van der Waals surface area contributed by atoms with Gasteiger partial charge < -0.3 is 0 Å². The van der Waals surface area contributed by atoms with Gasteiger partial charge in [-0.15, -0.1) is 0 Å². The Morgan fingerprint density at radius 2 is 1.55 bits per heavy atom. The first-order chi connectivity index (χ1) is 15.5.